The molecule has 138 valence electrons. The van der Waals surface area contributed by atoms with E-state index in [1.165, 1.54) is 22.5 Å². The Balaban J connectivity index is 1.46. The van der Waals surface area contributed by atoms with Gasteiger partial charge >= 0.3 is 5.97 Å². The molecular weight excluding hydrogens is 400 g/mol. The normalized spacial score (nSPS) is 15.2. The molecule has 1 fully saturated rings. The largest absolute Gasteiger partial charge is 0.477 e. The van der Waals surface area contributed by atoms with Crippen LogP contribution in [0.25, 0.3) is 0 Å². The number of carboxylic acids is 1. The topological polar surface area (TPSA) is 78.7 Å². The maximum Gasteiger partial charge on any atom is 0.354 e. The molecular formula is C18H21BrN4O3. The van der Waals surface area contributed by atoms with Crippen molar-refractivity contribution in [3.8, 4) is 0 Å². The summed E-state index contributed by atoms with van der Waals surface area (Å²) in [6.45, 7) is 4.21. The molecule has 1 aliphatic rings. The van der Waals surface area contributed by atoms with Crippen molar-refractivity contribution in [1.29, 1.82) is 0 Å². The van der Waals surface area contributed by atoms with Crippen LogP contribution in [0.4, 0.5) is 0 Å². The summed E-state index contributed by atoms with van der Waals surface area (Å²) in [6.07, 6.45) is 1.70. The van der Waals surface area contributed by atoms with E-state index in [1.54, 1.807) is 0 Å². The summed E-state index contributed by atoms with van der Waals surface area (Å²) >= 11 is 3.49. The summed E-state index contributed by atoms with van der Waals surface area (Å²) in [5, 5.41) is 13.0. The molecule has 7 nitrogen and oxygen atoms in total. The molecule has 0 aliphatic carbocycles. The standard InChI is InChI=1S/C18H21BrN4O3/c19-15-3-1-2-14(12-15)13-21-8-10-22(11-9-21)17(24)5-7-23-16(18(25)26)4-6-20-23/h1-4,6,12H,5,7-11,13H2,(H,25,26). The van der Waals surface area contributed by atoms with Crippen LogP contribution in [-0.4, -0.2) is 62.7 Å². The molecule has 2 heterocycles. The quantitative estimate of drug-likeness (QED) is 0.773. The van der Waals surface area contributed by atoms with E-state index in [0.717, 1.165) is 24.1 Å². The highest BCUT2D eigenvalue weighted by atomic mass is 79.9. The van der Waals surface area contributed by atoms with Gasteiger partial charge in [-0.25, -0.2) is 4.79 Å². The lowest BCUT2D eigenvalue weighted by Gasteiger charge is -2.34. The minimum atomic E-state index is -1.03. The van der Waals surface area contributed by atoms with Gasteiger partial charge in [-0.15, -0.1) is 0 Å². The highest BCUT2D eigenvalue weighted by Crippen LogP contribution is 2.15. The van der Waals surface area contributed by atoms with Gasteiger partial charge in [0, 0.05) is 49.8 Å². The zero-order chi connectivity index (χ0) is 18.5. The molecule has 1 aliphatic heterocycles. The van der Waals surface area contributed by atoms with Crippen LogP contribution in [0, 0.1) is 0 Å². The van der Waals surface area contributed by atoms with E-state index in [1.807, 2.05) is 17.0 Å². The predicted octanol–water partition coefficient (Wildman–Crippen LogP) is 2.08. The number of carboxylic acid groups (broad SMARTS) is 1. The Bertz CT molecular complexity index is 784. The van der Waals surface area contributed by atoms with Crippen molar-refractivity contribution in [3.63, 3.8) is 0 Å². The molecule has 0 bridgehead atoms. The molecule has 0 unspecified atom stereocenters. The molecule has 3 rings (SSSR count). The lowest BCUT2D eigenvalue weighted by atomic mass is 10.2. The molecule has 1 aromatic carbocycles. The van der Waals surface area contributed by atoms with Crippen molar-refractivity contribution in [3.05, 3.63) is 52.3 Å². The number of benzene rings is 1. The van der Waals surface area contributed by atoms with Gasteiger partial charge in [-0.1, -0.05) is 28.1 Å². The van der Waals surface area contributed by atoms with E-state index < -0.39 is 5.97 Å². The fourth-order valence-corrected chi connectivity index (χ4v) is 3.55. The number of carbonyl (C=O) groups excluding carboxylic acids is 1. The van der Waals surface area contributed by atoms with Gasteiger partial charge in [0.15, 0.2) is 0 Å². The number of hydrogen-bond donors (Lipinski definition) is 1. The zero-order valence-electron chi connectivity index (χ0n) is 14.3. The summed E-state index contributed by atoms with van der Waals surface area (Å²) in [5.74, 6) is -0.991. The van der Waals surface area contributed by atoms with Crippen LogP contribution in [0.5, 0.6) is 0 Å². The predicted molar refractivity (Wildman–Crippen MR) is 99.8 cm³/mol. The number of hydrogen-bond acceptors (Lipinski definition) is 4. The van der Waals surface area contributed by atoms with Gasteiger partial charge in [0.05, 0.1) is 6.54 Å². The van der Waals surface area contributed by atoms with Crippen LogP contribution >= 0.6 is 15.9 Å². The smallest absolute Gasteiger partial charge is 0.354 e. The van der Waals surface area contributed by atoms with E-state index in [2.05, 4.69) is 38.1 Å². The SMILES string of the molecule is O=C(O)c1ccnn1CCC(=O)N1CCN(Cc2cccc(Br)c2)CC1. The lowest BCUT2D eigenvalue weighted by Crippen LogP contribution is -2.48. The van der Waals surface area contributed by atoms with Crippen LogP contribution in [0.15, 0.2) is 41.0 Å². The number of aromatic nitrogens is 2. The number of aryl methyl sites for hydroxylation is 1. The first-order valence-corrected chi connectivity index (χ1v) is 9.32. The maximum absolute atomic E-state index is 12.4. The van der Waals surface area contributed by atoms with E-state index >= 15 is 0 Å². The first kappa shape index (κ1) is 18.6. The highest BCUT2D eigenvalue weighted by Gasteiger charge is 2.21. The molecule has 1 N–H and O–H groups in total. The molecule has 2 aromatic rings. The van der Waals surface area contributed by atoms with Crippen LogP contribution in [0.2, 0.25) is 0 Å². The Hall–Kier alpha value is -2.19. The second kappa shape index (κ2) is 8.46. The molecule has 1 aromatic heterocycles. The maximum atomic E-state index is 12.4. The van der Waals surface area contributed by atoms with Crippen molar-refractivity contribution >= 4 is 27.8 Å². The molecule has 0 saturated carbocycles. The number of carbonyl (C=O) groups is 2. The van der Waals surface area contributed by atoms with Crippen molar-refractivity contribution < 1.29 is 14.7 Å². The number of amides is 1. The van der Waals surface area contributed by atoms with Gasteiger partial charge in [0.25, 0.3) is 0 Å². The average molecular weight is 421 g/mol. The molecule has 0 radical (unpaired) electrons. The van der Waals surface area contributed by atoms with Crippen LogP contribution < -0.4 is 0 Å². The van der Waals surface area contributed by atoms with Gasteiger partial charge in [-0.3, -0.25) is 14.4 Å². The van der Waals surface area contributed by atoms with E-state index in [0.29, 0.717) is 13.1 Å². The average Bonchev–Trinajstić information content (AvgIpc) is 3.09. The number of rotatable bonds is 6. The third-order valence-electron chi connectivity index (χ3n) is 4.49. The molecule has 1 saturated heterocycles. The van der Waals surface area contributed by atoms with Crippen molar-refractivity contribution in [2.75, 3.05) is 26.2 Å². The van der Waals surface area contributed by atoms with Gasteiger partial charge in [0.1, 0.15) is 5.69 Å². The zero-order valence-corrected chi connectivity index (χ0v) is 15.9. The van der Waals surface area contributed by atoms with Crippen molar-refractivity contribution in [2.45, 2.75) is 19.5 Å². The van der Waals surface area contributed by atoms with Crippen LogP contribution in [-0.2, 0) is 17.9 Å². The molecule has 26 heavy (non-hydrogen) atoms. The number of aromatic carboxylic acids is 1. The van der Waals surface area contributed by atoms with Gasteiger partial charge in [0.2, 0.25) is 5.91 Å². The fraction of sp³-hybridized carbons (Fsp3) is 0.389. The Labute approximate surface area is 160 Å². The van der Waals surface area contributed by atoms with Crippen LogP contribution in [0.1, 0.15) is 22.5 Å². The number of piperazine rings is 1. The van der Waals surface area contributed by atoms with E-state index in [9.17, 15) is 9.59 Å². The Kier molecular flexibility index (Phi) is 6.05. The van der Waals surface area contributed by atoms with Gasteiger partial charge in [-0.05, 0) is 23.8 Å². The third-order valence-corrected chi connectivity index (χ3v) is 4.99. The molecule has 8 heteroatoms. The lowest BCUT2D eigenvalue weighted by molar-refractivity contribution is -0.133. The number of halogens is 1. The fourth-order valence-electron chi connectivity index (χ4n) is 3.10. The minimum absolute atomic E-state index is 0.0407. The minimum Gasteiger partial charge on any atom is -0.477 e. The highest BCUT2D eigenvalue weighted by molar-refractivity contribution is 9.10. The van der Waals surface area contributed by atoms with E-state index in [4.69, 9.17) is 5.11 Å². The second-order valence-corrected chi connectivity index (χ2v) is 7.20. The van der Waals surface area contributed by atoms with E-state index in [-0.39, 0.29) is 24.6 Å². The number of nitrogens with zero attached hydrogens (tertiary/aromatic N) is 4. The summed E-state index contributed by atoms with van der Waals surface area (Å²) < 4.78 is 2.44. The Morgan fingerprint density at radius 2 is 1.92 bits per heavy atom. The van der Waals surface area contributed by atoms with Crippen molar-refractivity contribution in [2.24, 2.45) is 0 Å². The molecule has 0 spiro atoms. The van der Waals surface area contributed by atoms with Crippen molar-refractivity contribution in [1.82, 2.24) is 19.6 Å². The van der Waals surface area contributed by atoms with Crippen LogP contribution in [0.3, 0.4) is 0 Å². The van der Waals surface area contributed by atoms with Gasteiger partial charge in [-0.2, -0.15) is 5.10 Å². The Morgan fingerprint density at radius 3 is 2.62 bits per heavy atom. The summed E-state index contributed by atoms with van der Waals surface area (Å²) in [5.41, 5.74) is 1.36. The first-order chi connectivity index (χ1) is 12.5. The molecule has 0 atom stereocenters. The van der Waals surface area contributed by atoms with Gasteiger partial charge < -0.3 is 10.0 Å². The first-order valence-electron chi connectivity index (χ1n) is 8.52. The summed E-state index contributed by atoms with van der Waals surface area (Å²) in [6, 6.07) is 9.69. The third kappa shape index (κ3) is 4.70. The summed E-state index contributed by atoms with van der Waals surface area (Å²) in [7, 11) is 0. The molecule has 1 amide bonds. The summed E-state index contributed by atoms with van der Waals surface area (Å²) in [4.78, 5) is 27.7. The monoisotopic (exact) mass is 420 g/mol. The second-order valence-electron chi connectivity index (χ2n) is 6.28. The Morgan fingerprint density at radius 1 is 1.15 bits per heavy atom.